The molecule has 0 fully saturated rings. The fourth-order valence-electron chi connectivity index (χ4n) is 2.28. The van der Waals surface area contributed by atoms with Crippen LogP contribution in [0, 0.1) is 0 Å². The summed E-state index contributed by atoms with van der Waals surface area (Å²) >= 11 is 0. The minimum Gasteiger partial charge on any atom is -0.478 e. The second kappa shape index (κ2) is 5.84. The van der Waals surface area contributed by atoms with Gasteiger partial charge in [0.05, 0.1) is 11.1 Å². The molecule has 0 saturated carbocycles. The van der Waals surface area contributed by atoms with Crippen molar-refractivity contribution in [2.24, 2.45) is 0 Å². The van der Waals surface area contributed by atoms with Gasteiger partial charge in [-0.3, -0.25) is 0 Å². The van der Waals surface area contributed by atoms with Crippen LogP contribution in [0.2, 0.25) is 0 Å². The van der Waals surface area contributed by atoms with E-state index < -0.39 is 17.7 Å². The van der Waals surface area contributed by atoms with Gasteiger partial charge in [-0.1, -0.05) is 35.5 Å². The Morgan fingerprint density at radius 2 is 1.79 bits per heavy atom. The van der Waals surface area contributed by atoms with E-state index in [1.807, 2.05) is 0 Å². The minimum atomic E-state index is -4.46. The molecule has 1 heterocycles. The molecular formula is C17H10F3NO3. The number of hydrogen-bond donors (Lipinski definition) is 1. The fourth-order valence-corrected chi connectivity index (χ4v) is 2.28. The van der Waals surface area contributed by atoms with E-state index in [0.717, 1.165) is 12.1 Å². The SMILES string of the molecule is O=C(O)c1ccccc1-c1cc(-c2cccc(C(F)(F)F)c2)no1. The van der Waals surface area contributed by atoms with Crippen molar-refractivity contribution in [3.05, 3.63) is 65.7 Å². The second-order valence-corrected chi connectivity index (χ2v) is 5.01. The lowest BCUT2D eigenvalue weighted by molar-refractivity contribution is -0.137. The summed E-state index contributed by atoms with van der Waals surface area (Å²) in [5.41, 5.74) is -0.0561. The number of rotatable bonds is 3. The quantitative estimate of drug-likeness (QED) is 0.753. The van der Waals surface area contributed by atoms with E-state index in [2.05, 4.69) is 5.16 Å². The second-order valence-electron chi connectivity index (χ2n) is 5.01. The first-order chi connectivity index (χ1) is 11.4. The average Bonchev–Trinajstić information content (AvgIpc) is 3.04. The van der Waals surface area contributed by atoms with Gasteiger partial charge in [-0.05, 0) is 18.2 Å². The van der Waals surface area contributed by atoms with Crippen molar-refractivity contribution < 1.29 is 27.6 Å². The highest BCUT2D eigenvalue weighted by molar-refractivity contribution is 5.95. The number of carboxylic acid groups (broad SMARTS) is 1. The Morgan fingerprint density at radius 3 is 2.50 bits per heavy atom. The lowest BCUT2D eigenvalue weighted by Gasteiger charge is -2.06. The van der Waals surface area contributed by atoms with Gasteiger partial charge < -0.3 is 9.63 Å². The maximum Gasteiger partial charge on any atom is 0.416 e. The van der Waals surface area contributed by atoms with Gasteiger partial charge in [0.1, 0.15) is 5.69 Å². The Bertz CT molecular complexity index is 900. The maximum atomic E-state index is 12.8. The monoisotopic (exact) mass is 333 g/mol. The van der Waals surface area contributed by atoms with Crippen molar-refractivity contribution in [3.63, 3.8) is 0 Å². The predicted octanol–water partition coefficient (Wildman–Crippen LogP) is 4.73. The molecule has 4 nitrogen and oxygen atoms in total. The summed E-state index contributed by atoms with van der Waals surface area (Å²) in [5, 5.41) is 12.9. The van der Waals surface area contributed by atoms with E-state index in [1.165, 1.54) is 24.3 Å². The number of benzene rings is 2. The zero-order chi connectivity index (χ0) is 17.3. The molecule has 1 aromatic heterocycles. The maximum absolute atomic E-state index is 12.8. The van der Waals surface area contributed by atoms with Gasteiger partial charge in [0.2, 0.25) is 0 Å². The summed E-state index contributed by atoms with van der Waals surface area (Å²) in [6, 6.07) is 12.2. The highest BCUT2D eigenvalue weighted by Crippen LogP contribution is 2.33. The van der Waals surface area contributed by atoms with Crippen LogP contribution in [0.4, 0.5) is 13.2 Å². The largest absolute Gasteiger partial charge is 0.478 e. The average molecular weight is 333 g/mol. The number of hydrogen-bond acceptors (Lipinski definition) is 3. The fraction of sp³-hybridized carbons (Fsp3) is 0.0588. The summed E-state index contributed by atoms with van der Waals surface area (Å²) in [7, 11) is 0. The van der Waals surface area contributed by atoms with Crippen molar-refractivity contribution in [2.75, 3.05) is 0 Å². The summed E-state index contributed by atoms with van der Waals surface area (Å²) in [6.45, 7) is 0. The van der Waals surface area contributed by atoms with Crippen LogP contribution in [0.25, 0.3) is 22.6 Å². The Morgan fingerprint density at radius 1 is 1.04 bits per heavy atom. The van der Waals surface area contributed by atoms with Gasteiger partial charge in [0.15, 0.2) is 5.76 Å². The molecule has 0 amide bonds. The van der Waals surface area contributed by atoms with Crippen molar-refractivity contribution in [1.29, 1.82) is 0 Å². The highest BCUT2D eigenvalue weighted by Gasteiger charge is 2.30. The Labute approximate surface area is 134 Å². The molecule has 3 aromatic rings. The van der Waals surface area contributed by atoms with E-state index in [-0.39, 0.29) is 22.6 Å². The molecule has 0 aliphatic rings. The van der Waals surface area contributed by atoms with Crippen molar-refractivity contribution in [1.82, 2.24) is 5.16 Å². The Hall–Kier alpha value is -3.09. The molecule has 0 atom stereocenters. The molecule has 0 saturated heterocycles. The zero-order valence-corrected chi connectivity index (χ0v) is 12.0. The highest BCUT2D eigenvalue weighted by atomic mass is 19.4. The number of alkyl halides is 3. The van der Waals surface area contributed by atoms with Crippen molar-refractivity contribution in [2.45, 2.75) is 6.18 Å². The first-order valence-corrected chi connectivity index (χ1v) is 6.83. The Kier molecular flexibility index (Phi) is 3.84. The third-order valence-corrected chi connectivity index (χ3v) is 3.42. The molecule has 0 aliphatic carbocycles. The molecule has 7 heteroatoms. The topological polar surface area (TPSA) is 63.3 Å². The molecule has 1 N–H and O–H groups in total. The number of nitrogens with zero attached hydrogens (tertiary/aromatic N) is 1. The lowest BCUT2D eigenvalue weighted by Crippen LogP contribution is -2.04. The normalized spacial score (nSPS) is 11.5. The first kappa shape index (κ1) is 15.8. The standard InChI is InChI=1S/C17H10F3NO3/c18-17(19,20)11-5-3-4-10(8-11)14-9-15(24-21-14)12-6-1-2-7-13(12)16(22)23/h1-9H,(H,22,23). The van der Waals surface area contributed by atoms with Crippen LogP contribution in [0.5, 0.6) is 0 Å². The molecule has 0 spiro atoms. The van der Waals surface area contributed by atoms with Gasteiger partial charge in [0.25, 0.3) is 0 Å². The van der Waals surface area contributed by atoms with Crippen molar-refractivity contribution >= 4 is 5.97 Å². The van der Waals surface area contributed by atoms with Gasteiger partial charge in [-0.2, -0.15) is 13.2 Å². The van der Waals surface area contributed by atoms with E-state index in [9.17, 15) is 23.1 Å². The van der Waals surface area contributed by atoms with E-state index in [4.69, 9.17) is 4.52 Å². The first-order valence-electron chi connectivity index (χ1n) is 6.83. The van der Waals surface area contributed by atoms with Crippen LogP contribution < -0.4 is 0 Å². The van der Waals surface area contributed by atoms with Crippen LogP contribution in [-0.4, -0.2) is 16.2 Å². The minimum absolute atomic E-state index is 0.0178. The predicted molar refractivity (Wildman–Crippen MR) is 79.3 cm³/mol. The van der Waals surface area contributed by atoms with E-state index in [1.54, 1.807) is 18.2 Å². The Balaban J connectivity index is 2.02. The molecule has 0 bridgehead atoms. The smallest absolute Gasteiger partial charge is 0.416 e. The van der Waals surface area contributed by atoms with Crippen LogP contribution in [0.15, 0.2) is 59.1 Å². The summed E-state index contributed by atoms with van der Waals surface area (Å²) < 4.78 is 43.5. The summed E-state index contributed by atoms with van der Waals surface area (Å²) in [5.74, 6) is -0.969. The van der Waals surface area contributed by atoms with Crippen molar-refractivity contribution in [3.8, 4) is 22.6 Å². The van der Waals surface area contributed by atoms with Gasteiger partial charge in [0, 0.05) is 17.2 Å². The lowest BCUT2D eigenvalue weighted by atomic mass is 10.0. The molecule has 0 radical (unpaired) electrons. The number of aromatic nitrogens is 1. The number of carboxylic acids is 1. The van der Waals surface area contributed by atoms with E-state index >= 15 is 0 Å². The van der Waals surface area contributed by atoms with Crippen LogP contribution in [-0.2, 0) is 6.18 Å². The van der Waals surface area contributed by atoms with E-state index in [0.29, 0.717) is 5.56 Å². The molecule has 122 valence electrons. The third-order valence-electron chi connectivity index (χ3n) is 3.42. The number of halogens is 3. The molecule has 2 aromatic carbocycles. The van der Waals surface area contributed by atoms with Gasteiger partial charge >= 0.3 is 12.1 Å². The number of carbonyl (C=O) groups is 1. The molecule has 0 aliphatic heterocycles. The zero-order valence-electron chi connectivity index (χ0n) is 12.0. The molecule has 0 unspecified atom stereocenters. The number of aromatic carboxylic acids is 1. The van der Waals surface area contributed by atoms with Crippen LogP contribution in [0.3, 0.4) is 0 Å². The van der Waals surface area contributed by atoms with Gasteiger partial charge in [-0.15, -0.1) is 0 Å². The molecular weight excluding hydrogens is 323 g/mol. The molecule has 24 heavy (non-hydrogen) atoms. The third kappa shape index (κ3) is 3.01. The summed E-state index contributed by atoms with van der Waals surface area (Å²) in [6.07, 6.45) is -4.46. The summed E-state index contributed by atoms with van der Waals surface area (Å²) in [4.78, 5) is 11.2. The van der Waals surface area contributed by atoms with Crippen LogP contribution in [0.1, 0.15) is 15.9 Å². The van der Waals surface area contributed by atoms with Gasteiger partial charge in [-0.25, -0.2) is 4.79 Å². The van der Waals surface area contributed by atoms with Crippen LogP contribution >= 0.6 is 0 Å². The molecule has 3 rings (SSSR count).